The molecule has 0 amide bonds. The topological polar surface area (TPSA) is 72.8 Å². The highest BCUT2D eigenvalue weighted by Gasteiger charge is 2.14. The van der Waals surface area contributed by atoms with Gasteiger partial charge in [0.05, 0.1) is 19.7 Å². The standard InChI is InChI=1S/C20H21ClN2O4/c1-25-18-4-3-5-19(26-2)20(18)27-12-14(24)11-23-16-8-9-22-17-10-13(21)6-7-15(16)17/h3-10,14,24H,11-12H2,1-2H3,(H,22,23). The maximum Gasteiger partial charge on any atom is 0.203 e. The smallest absolute Gasteiger partial charge is 0.203 e. The van der Waals surface area contributed by atoms with Gasteiger partial charge in [0, 0.05) is 28.8 Å². The molecule has 1 aromatic heterocycles. The highest BCUT2D eigenvalue weighted by Crippen LogP contribution is 2.36. The molecule has 3 aromatic rings. The van der Waals surface area contributed by atoms with Crippen LogP contribution < -0.4 is 19.5 Å². The number of methoxy groups -OCH3 is 2. The number of halogens is 1. The number of hydrogen-bond acceptors (Lipinski definition) is 6. The molecule has 6 nitrogen and oxygen atoms in total. The van der Waals surface area contributed by atoms with E-state index in [-0.39, 0.29) is 6.61 Å². The van der Waals surface area contributed by atoms with E-state index >= 15 is 0 Å². The van der Waals surface area contributed by atoms with Gasteiger partial charge in [-0.2, -0.15) is 0 Å². The van der Waals surface area contributed by atoms with Gasteiger partial charge in [0.15, 0.2) is 11.5 Å². The van der Waals surface area contributed by atoms with Gasteiger partial charge in [0.1, 0.15) is 12.7 Å². The molecule has 1 atom stereocenters. The summed E-state index contributed by atoms with van der Waals surface area (Å²) in [5.41, 5.74) is 1.66. The van der Waals surface area contributed by atoms with E-state index in [1.54, 1.807) is 38.6 Å². The molecular formula is C20H21ClN2O4. The lowest BCUT2D eigenvalue weighted by molar-refractivity contribution is 0.113. The normalized spacial score (nSPS) is 11.9. The first-order valence-corrected chi connectivity index (χ1v) is 8.80. The SMILES string of the molecule is COc1cccc(OC)c1OCC(O)CNc1ccnc2cc(Cl)ccc12. The molecule has 0 saturated carbocycles. The minimum Gasteiger partial charge on any atom is -0.493 e. The maximum atomic E-state index is 10.3. The fourth-order valence-corrected chi connectivity index (χ4v) is 2.87. The third kappa shape index (κ3) is 4.53. The molecule has 0 fully saturated rings. The van der Waals surface area contributed by atoms with Crippen LogP contribution in [0.3, 0.4) is 0 Å². The van der Waals surface area contributed by atoms with Crippen LogP contribution in [0.4, 0.5) is 5.69 Å². The van der Waals surface area contributed by atoms with Gasteiger partial charge in [0.25, 0.3) is 0 Å². The molecule has 1 heterocycles. The Kier molecular flexibility index (Phi) is 6.21. The molecule has 0 spiro atoms. The number of para-hydroxylation sites is 1. The molecule has 0 bridgehead atoms. The van der Waals surface area contributed by atoms with Crippen molar-refractivity contribution in [2.75, 3.05) is 32.7 Å². The molecule has 0 aliphatic rings. The summed E-state index contributed by atoms with van der Waals surface area (Å²) in [4.78, 5) is 4.30. The molecule has 2 aromatic carbocycles. The van der Waals surface area contributed by atoms with Crippen LogP contribution in [0.2, 0.25) is 5.02 Å². The summed E-state index contributed by atoms with van der Waals surface area (Å²) in [6.07, 6.45) is 0.957. The summed E-state index contributed by atoms with van der Waals surface area (Å²) in [6, 6.07) is 12.7. The monoisotopic (exact) mass is 388 g/mol. The quantitative estimate of drug-likeness (QED) is 0.612. The van der Waals surface area contributed by atoms with Crippen LogP contribution in [0, 0.1) is 0 Å². The van der Waals surface area contributed by atoms with Crippen molar-refractivity contribution in [3.05, 3.63) is 53.7 Å². The lowest BCUT2D eigenvalue weighted by atomic mass is 10.2. The van der Waals surface area contributed by atoms with E-state index in [1.165, 1.54) is 0 Å². The predicted molar refractivity (Wildman–Crippen MR) is 106 cm³/mol. The number of fused-ring (bicyclic) bond motifs is 1. The van der Waals surface area contributed by atoms with Crippen LogP contribution in [-0.4, -0.2) is 43.6 Å². The maximum absolute atomic E-state index is 10.3. The number of rotatable bonds is 8. The first-order chi connectivity index (χ1) is 13.1. The molecule has 1 unspecified atom stereocenters. The van der Waals surface area contributed by atoms with Crippen molar-refractivity contribution >= 4 is 28.2 Å². The van der Waals surface area contributed by atoms with Gasteiger partial charge in [-0.15, -0.1) is 0 Å². The molecule has 7 heteroatoms. The van der Waals surface area contributed by atoms with Crippen LogP contribution in [0.15, 0.2) is 48.7 Å². The summed E-state index contributed by atoms with van der Waals surface area (Å²) in [5, 5.41) is 15.1. The minimum absolute atomic E-state index is 0.0819. The first-order valence-electron chi connectivity index (χ1n) is 8.42. The van der Waals surface area contributed by atoms with Crippen molar-refractivity contribution in [3.63, 3.8) is 0 Å². The van der Waals surface area contributed by atoms with E-state index < -0.39 is 6.10 Å². The van der Waals surface area contributed by atoms with Crippen LogP contribution in [-0.2, 0) is 0 Å². The Bertz CT molecular complexity index is 897. The van der Waals surface area contributed by atoms with Crippen molar-refractivity contribution in [1.82, 2.24) is 4.98 Å². The molecule has 2 N–H and O–H groups in total. The summed E-state index contributed by atoms with van der Waals surface area (Å²) in [6.45, 7) is 0.387. The van der Waals surface area contributed by atoms with Gasteiger partial charge < -0.3 is 24.6 Å². The third-order valence-electron chi connectivity index (χ3n) is 4.04. The zero-order chi connectivity index (χ0) is 19.2. The van der Waals surface area contributed by atoms with Gasteiger partial charge >= 0.3 is 0 Å². The molecule has 27 heavy (non-hydrogen) atoms. The molecule has 0 aliphatic heterocycles. The summed E-state index contributed by atoms with van der Waals surface area (Å²) < 4.78 is 16.3. The van der Waals surface area contributed by atoms with E-state index in [0.29, 0.717) is 28.8 Å². The van der Waals surface area contributed by atoms with Gasteiger partial charge in [-0.05, 0) is 36.4 Å². The summed E-state index contributed by atoms with van der Waals surface area (Å²) in [7, 11) is 3.11. The fourth-order valence-electron chi connectivity index (χ4n) is 2.70. The van der Waals surface area contributed by atoms with Gasteiger partial charge in [0.2, 0.25) is 5.75 Å². The number of benzene rings is 2. The number of nitrogens with zero attached hydrogens (tertiary/aromatic N) is 1. The first kappa shape index (κ1) is 19.1. The number of nitrogens with one attached hydrogen (secondary N) is 1. The summed E-state index contributed by atoms with van der Waals surface area (Å²) >= 11 is 6.01. The third-order valence-corrected chi connectivity index (χ3v) is 4.27. The number of aliphatic hydroxyl groups is 1. The van der Waals surface area contributed by atoms with Crippen LogP contribution in [0.1, 0.15) is 0 Å². The molecule has 0 aliphatic carbocycles. The lowest BCUT2D eigenvalue weighted by Crippen LogP contribution is -2.26. The Balaban J connectivity index is 1.64. The largest absolute Gasteiger partial charge is 0.493 e. The Labute approximate surface area is 162 Å². The van der Waals surface area contributed by atoms with Crippen molar-refractivity contribution in [2.24, 2.45) is 0 Å². The van der Waals surface area contributed by atoms with Crippen molar-refractivity contribution in [1.29, 1.82) is 0 Å². The van der Waals surface area contributed by atoms with Gasteiger partial charge in [-0.3, -0.25) is 4.98 Å². The van der Waals surface area contributed by atoms with Crippen LogP contribution in [0.5, 0.6) is 17.2 Å². The second-order valence-electron chi connectivity index (χ2n) is 5.86. The predicted octanol–water partition coefficient (Wildman–Crippen LogP) is 3.76. The van der Waals surface area contributed by atoms with Crippen LogP contribution >= 0.6 is 11.6 Å². The average molecular weight is 389 g/mol. The zero-order valence-electron chi connectivity index (χ0n) is 15.1. The van der Waals surface area contributed by atoms with E-state index in [9.17, 15) is 5.11 Å². The number of hydrogen-bond donors (Lipinski definition) is 2. The molecular weight excluding hydrogens is 368 g/mol. The van der Waals surface area contributed by atoms with Gasteiger partial charge in [-0.1, -0.05) is 17.7 Å². The van der Waals surface area contributed by atoms with Crippen molar-refractivity contribution in [2.45, 2.75) is 6.10 Å². The Morgan fingerprint density at radius 2 is 1.85 bits per heavy atom. The van der Waals surface area contributed by atoms with Gasteiger partial charge in [-0.25, -0.2) is 0 Å². The molecule has 142 valence electrons. The molecule has 3 rings (SSSR count). The number of aliphatic hydroxyl groups excluding tert-OH is 1. The number of pyridine rings is 1. The summed E-state index contributed by atoms with van der Waals surface area (Å²) in [5.74, 6) is 1.56. The van der Waals surface area contributed by atoms with E-state index in [2.05, 4.69) is 10.3 Å². The van der Waals surface area contributed by atoms with Crippen LogP contribution in [0.25, 0.3) is 10.9 Å². The van der Waals surface area contributed by atoms with Crippen molar-refractivity contribution < 1.29 is 19.3 Å². The van der Waals surface area contributed by atoms with E-state index in [4.69, 9.17) is 25.8 Å². The Morgan fingerprint density at radius 1 is 1.11 bits per heavy atom. The number of ether oxygens (including phenoxy) is 3. The Morgan fingerprint density at radius 3 is 2.56 bits per heavy atom. The highest BCUT2D eigenvalue weighted by atomic mass is 35.5. The second-order valence-corrected chi connectivity index (χ2v) is 6.29. The fraction of sp³-hybridized carbons (Fsp3) is 0.250. The molecule has 0 saturated heterocycles. The number of aromatic nitrogens is 1. The molecule has 0 radical (unpaired) electrons. The van der Waals surface area contributed by atoms with E-state index in [0.717, 1.165) is 16.6 Å². The highest BCUT2D eigenvalue weighted by molar-refractivity contribution is 6.31. The average Bonchev–Trinajstić information content (AvgIpc) is 2.69. The number of anilines is 1. The Hall–Kier alpha value is -2.70. The second kappa shape index (κ2) is 8.79. The van der Waals surface area contributed by atoms with Crippen molar-refractivity contribution in [3.8, 4) is 17.2 Å². The van der Waals surface area contributed by atoms with E-state index in [1.807, 2.05) is 24.3 Å². The zero-order valence-corrected chi connectivity index (χ0v) is 15.9. The lowest BCUT2D eigenvalue weighted by Gasteiger charge is -2.18. The minimum atomic E-state index is -0.741.